The van der Waals surface area contributed by atoms with Crippen LogP contribution in [-0.4, -0.2) is 0 Å². The maximum atomic E-state index is 13.5. The van der Waals surface area contributed by atoms with Crippen molar-refractivity contribution in [2.75, 3.05) is 5.32 Å². The van der Waals surface area contributed by atoms with E-state index in [0.29, 0.717) is 4.47 Å². The van der Waals surface area contributed by atoms with Crippen molar-refractivity contribution < 1.29 is 4.39 Å². The molecule has 1 atom stereocenters. The first-order valence-electron chi connectivity index (χ1n) is 7.40. The molecule has 0 aliphatic rings. The Bertz CT molecular complexity index is 580. The summed E-state index contributed by atoms with van der Waals surface area (Å²) >= 11 is 3.17. The summed E-state index contributed by atoms with van der Waals surface area (Å²) in [5.74, 6) is -0.248. The van der Waals surface area contributed by atoms with Gasteiger partial charge in [-0.05, 0) is 65.0 Å². The molecule has 0 aliphatic heterocycles. The maximum Gasteiger partial charge on any atom is 0.139 e. The first kappa shape index (κ1) is 16.0. The van der Waals surface area contributed by atoms with Gasteiger partial charge in [-0.1, -0.05) is 37.6 Å². The fourth-order valence-corrected chi connectivity index (χ4v) is 2.52. The van der Waals surface area contributed by atoms with Crippen LogP contribution < -0.4 is 5.32 Å². The molecule has 0 heterocycles. The van der Waals surface area contributed by atoms with Crippen molar-refractivity contribution in [2.45, 2.75) is 39.2 Å². The van der Waals surface area contributed by atoms with E-state index >= 15 is 0 Å². The number of aryl methyl sites for hydroxylation is 1. The highest BCUT2D eigenvalue weighted by Gasteiger charge is 2.07. The highest BCUT2D eigenvalue weighted by Crippen LogP contribution is 2.24. The number of halogens is 2. The van der Waals surface area contributed by atoms with Gasteiger partial charge >= 0.3 is 0 Å². The lowest BCUT2D eigenvalue weighted by molar-refractivity contribution is 0.621. The Kier molecular flexibility index (Phi) is 5.80. The van der Waals surface area contributed by atoms with E-state index in [0.717, 1.165) is 12.1 Å². The van der Waals surface area contributed by atoms with Crippen LogP contribution in [0.25, 0.3) is 0 Å². The van der Waals surface area contributed by atoms with E-state index in [1.807, 2.05) is 6.07 Å². The predicted octanol–water partition coefficient (Wildman–Crippen LogP) is 6.10. The Balaban J connectivity index is 2.02. The molecule has 0 fully saturated rings. The Labute approximate surface area is 134 Å². The second-order valence-corrected chi connectivity index (χ2v) is 6.19. The maximum absolute atomic E-state index is 13.5. The number of benzene rings is 2. The van der Waals surface area contributed by atoms with E-state index < -0.39 is 0 Å². The summed E-state index contributed by atoms with van der Waals surface area (Å²) in [6.45, 7) is 4.29. The molecule has 1 nitrogen and oxygen atoms in total. The molecule has 3 heteroatoms. The van der Waals surface area contributed by atoms with Crippen LogP contribution in [-0.2, 0) is 6.42 Å². The Morgan fingerprint density at radius 2 is 1.86 bits per heavy atom. The first-order chi connectivity index (χ1) is 10.1. The zero-order chi connectivity index (χ0) is 15.2. The molecule has 2 rings (SSSR count). The summed E-state index contributed by atoms with van der Waals surface area (Å²) in [5, 5.41) is 3.33. The van der Waals surface area contributed by atoms with Gasteiger partial charge in [-0.2, -0.15) is 0 Å². The van der Waals surface area contributed by atoms with Gasteiger partial charge in [0.15, 0.2) is 0 Å². The molecular formula is C18H21BrFN. The molecule has 0 spiro atoms. The Hall–Kier alpha value is -1.35. The van der Waals surface area contributed by atoms with E-state index in [4.69, 9.17) is 0 Å². The van der Waals surface area contributed by atoms with Gasteiger partial charge in [0.05, 0.1) is 4.47 Å². The van der Waals surface area contributed by atoms with Crippen molar-refractivity contribution in [2.24, 2.45) is 0 Å². The molecule has 0 saturated heterocycles. The van der Waals surface area contributed by atoms with Gasteiger partial charge in [-0.3, -0.25) is 0 Å². The smallest absolute Gasteiger partial charge is 0.139 e. The van der Waals surface area contributed by atoms with Crippen molar-refractivity contribution in [3.63, 3.8) is 0 Å². The molecule has 0 saturated carbocycles. The summed E-state index contributed by atoms with van der Waals surface area (Å²) in [6.07, 6.45) is 3.58. The van der Waals surface area contributed by atoms with Gasteiger partial charge in [0.1, 0.15) is 5.82 Å². The van der Waals surface area contributed by atoms with E-state index in [1.54, 1.807) is 6.07 Å². The van der Waals surface area contributed by atoms with Crippen LogP contribution in [0.1, 0.15) is 43.9 Å². The molecular weight excluding hydrogens is 329 g/mol. The lowest BCUT2D eigenvalue weighted by Crippen LogP contribution is -2.06. The minimum Gasteiger partial charge on any atom is -0.378 e. The molecule has 0 radical (unpaired) electrons. The van der Waals surface area contributed by atoms with Gasteiger partial charge in [0, 0.05) is 11.7 Å². The predicted molar refractivity (Wildman–Crippen MR) is 91.2 cm³/mol. The van der Waals surface area contributed by atoms with Crippen molar-refractivity contribution in [3.05, 3.63) is 63.9 Å². The summed E-state index contributed by atoms with van der Waals surface area (Å²) < 4.78 is 14.0. The normalized spacial score (nSPS) is 12.2. The number of hydrogen-bond donors (Lipinski definition) is 1. The van der Waals surface area contributed by atoms with E-state index in [9.17, 15) is 4.39 Å². The largest absolute Gasteiger partial charge is 0.378 e. The third-order valence-electron chi connectivity index (χ3n) is 3.60. The summed E-state index contributed by atoms with van der Waals surface area (Å²) in [4.78, 5) is 0. The molecule has 0 aliphatic carbocycles. The van der Waals surface area contributed by atoms with Crippen molar-refractivity contribution in [3.8, 4) is 0 Å². The molecule has 0 aromatic heterocycles. The van der Waals surface area contributed by atoms with Crippen LogP contribution in [0.4, 0.5) is 10.1 Å². The summed E-state index contributed by atoms with van der Waals surface area (Å²) in [7, 11) is 0. The van der Waals surface area contributed by atoms with Gasteiger partial charge < -0.3 is 5.32 Å². The Morgan fingerprint density at radius 3 is 2.48 bits per heavy atom. The second kappa shape index (κ2) is 7.60. The van der Waals surface area contributed by atoms with Gasteiger partial charge in [-0.15, -0.1) is 0 Å². The van der Waals surface area contributed by atoms with Crippen LogP contribution in [0.2, 0.25) is 0 Å². The summed E-state index contributed by atoms with van der Waals surface area (Å²) in [5.41, 5.74) is 3.37. The molecule has 112 valence electrons. The molecule has 0 amide bonds. The van der Waals surface area contributed by atoms with Crippen LogP contribution in [0.15, 0.2) is 46.9 Å². The van der Waals surface area contributed by atoms with E-state index in [1.165, 1.54) is 30.0 Å². The lowest BCUT2D eigenvalue weighted by Gasteiger charge is -2.16. The third kappa shape index (κ3) is 4.57. The standard InChI is InChI=1S/C18H21BrFN/c1-3-4-5-14-6-8-15(9-7-14)13(2)21-16-10-11-17(19)18(20)12-16/h6-13,21H,3-5H2,1-2H3. The van der Waals surface area contributed by atoms with E-state index in [-0.39, 0.29) is 11.9 Å². The SMILES string of the molecule is CCCCc1ccc(C(C)Nc2ccc(Br)c(F)c2)cc1. The quantitative estimate of drug-likeness (QED) is 0.663. The first-order valence-corrected chi connectivity index (χ1v) is 8.20. The van der Waals surface area contributed by atoms with Gasteiger partial charge in [0.25, 0.3) is 0 Å². The molecule has 1 unspecified atom stereocenters. The van der Waals surface area contributed by atoms with Crippen LogP contribution in [0, 0.1) is 5.82 Å². The molecule has 2 aromatic carbocycles. The van der Waals surface area contributed by atoms with Crippen molar-refractivity contribution in [1.29, 1.82) is 0 Å². The monoisotopic (exact) mass is 349 g/mol. The lowest BCUT2D eigenvalue weighted by atomic mass is 10.0. The molecule has 0 bridgehead atoms. The van der Waals surface area contributed by atoms with Crippen molar-refractivity contribution in [1.82, 2.24) is 0 Å². The molecule has 1 N–H and O–H groups in total. The third-order valence-corrected chi connectivity index (χ3v) is 4.24. The number of hydrogen-bond acceptors (Lipinski definition) is 1. The van der Waals surface area contributed by atoms with Gasteiger partial charge in [0.2, 0.25) is 0 Å². The summed E-state index contributed by atoms with van der Waals surface area (Å²) in [6, 6.07) is 13.9. The highest BCUT2D eigenvalue weighted by molar-refractivity contribution is 9.10. The molecule has 2 aromatic rings. The zero-order valence-corrected chi connectivity index (χ0v) is 14.1. The fraction of sp³-hybridized carbons (Fsp3) is 0.333. The Morgan fingerprint density at radius 1 is 1.14 bits per heavy atom. The average molecular weight is 350 g/mol. The van der Waals surface area contributed by atoms with Crippen LogP contribution >= 0.6 is 15.9 Å². The van der Waals surface area contributed by atoms with Gasteiger partial charge in [-0.25, -0.2) is 4.39 Å². The number of rotatable bonds is 6. The number of unbranched alkanes of at least 4 members (excludes halogenated alkanes) is 1. The number of anilines is 1. The van der Waals surface area contributed by atoms with E-state index in [2.05, 4.69) is 59.4 Å². The van der Waals surface area contributed by atoms with Crippen LogP contribution in [0.3, 0.4) is 0 Å². The minimum absolute atomic E-state index is 0.144. The second-order valence-electron chi connectivity index (χ2n) is 5.34. The van der Waals surface area contributed by atoms with Crippen LogP contribution in [0.5, 0.6) is 0 Å². The highest BCUT2D eigenvalue weighted by atomic mass is 79.9. The average Bonchev–Trinajstić information content (AvgIpc) is 2.49. The zero-order valence-electron chi connectivity index (χ0n) is 12.5. The minimum atomic E-state index is -0.248. The number of nitrogens with one attached hydrogen (secondary N) is 1. The molecule has 21 heavy (non-hydrogen) atoms. The fourth-order valence-electron chi connectivity index (χ4n) is 2.27. The van der Waals surface area contributed by atoms with Crippen molar-refractivity contribution >= 4 is 21.6 Å². The topological polar surface area (TPSA) is 12.0 Å².